The van der Waals surface area contributed by atoms with Crippen molar-refractivity contribution in [2.75, 3.05) is 11.9 Å². The summed E-state index contributed by atoms with van der Waals surface area (Å²) in [6.07, 6.45) is -4.47. The van der Waals surface area contributed by atoms with Crippen LogP contribution in [0, 0.1) is 18.6 Å². The second-order valence-electron chi connectivity index (χ2n) is 10.7. The highest BCUT2D eigenvalue weighted by Crippen LogP contribution is 2.43. The lowest BCUT2D eigenvalue weighted by Gasteiger charge is -2.26. The number of benzene rings is 2. The number of aromatic nitrogens is 1. The maximum atomic E-state index is 14.7. The summed E-state index contributed by atoms with van der Waals surface area (Å²) in [5.41, 5.74) is -2.78. The molecule has 13 heteroatoms. The van der Waals surface area contributed by atoms with Gasteiger partial charge < -0.3 is 25.0 Å². The molecule has 2 aromatic carbocycles. The molecule has 3 aromatic rings. The van der Waals surface area contributed by atoms with Gasteiger partial charge in [0.25, 0.3) is 11.5 Å². The molecule has 1 aromatic heterocycles. The Hall–Kier alpha value is -4.42. The molecular weight excluding hydrogens is 577 g/mol. The number of fused-ring (bicyclic) bond motifs is 1. The molecule has 1 aliphatic rings. The molecule has 0 aliphatic carbocycles. The number of aliphatic carboxylic acids is 1. The van der Waals surface area contributed by atoms with Crippen molar-refractivity contribution >= 4 is 17.6 Å². The fourth-order valence-corrected chi connectivity index (χ4v) is 5.08. The van der Waals surface area contributed by atoms with Crippen molar-refractivity contribution in [1.82, 2.24) is 9.88 Å². The first-order valence-corrected chi connectivity index (χ1v) is 13.4. The molecule has 3 N–H and O–H groups in total. The number of hydrogen-bond acceptors (Lipinski definition) is 5. The lowest BCUT2D eigenvalue weighted by atomic mass is 9.89. The number of amides is 1. The molecule has 2 heterocycles. The zero-order chi connectivity index (χ0) is 31.8. The third-order valence-electron chi connectivity index (χ3n) is 7.17. The van der Waals surface area contributed by atoms with Crippen LogP contribution >= 0.6 is 0 Å². The van der Waals surface area contributed by atoms with Crippen LogP contribution in [0.4, 0.5) is 27.6 Å². The number of nitrogens with one attached hydrogen (secondary N) is 2. The number of carbonyl (C=O) groups is 2. The Bertz CT molecular complexity index is 1630. The quantitative estimate of drug-likeness (QED) is 0.303. The van der Waals surface area contributed by atoms with E-state index in [1.165, 1.54) is 26.1 Å². The van der Waals surface area contributed by atoms with Gasteiger partial charge in [0.05, 0.1) is 17.7 Å². The highest BCUT2D eigenvalue weighted by molar-refractivity contribution is 5.97. The van der Waals surface area contributed by atoms with Crippen LogP contribution in [0.5, 0.6) is 5.75 Å². The summed E-state index contributed by atoms with van der Waals surface area (Å²) in [5, 5.41) is 14.8. The van der Waals surface area contributed by atoms with Gasteiger partial charge in [0, 0.05) is 36.5 Å². The fourth-order valence-electron chi connectivity index (χ4n) is 5.08. The topological polar surface area (TPSA) is 110 Å². The summed E-state index contributed by atoms with van der Waals surface area (Å²) in [7, 11) is 1.35. The summed E-state index contributed by atoms with van der Waals surface area (Å²) in [6.45, 7) is 5.03. The SMILES string of the molecule is Cc1cc(C(F)(F)F)c(-c2ccc(C[C@H](NC(=O)c3c(F)cc(NC(C)C)cc3F)C(=O)O)c3c2OCCC3)c(=O)n1C. The smallest absolute Gasteiger partial charge is 0.417 e. The standard InChI is InChI=1S/C30H30F5N3O5/c1-14(2)36-17-12-21(31)25(22(32)13-17)27(39)37-23(29(41)42)11-16-7-8-19(26-18(16)6-5-9-43-26)24-20(30(33,34)35)10-15(3)38(4)28(24)40/h7-8,10,12-14,23,36H,5-6,9,11H2,1-4H3,(H,37,39)(H,41,42)/t23-/m0/s1. The number of hydrogen-bond donors (Lipinski definition) is 3. The van der Waals surface area contributed by atoms with Gasteiger partial charge in [0.1, 0.15) is 29.0 Å². The van der Waals surface area contributed by atoms with E-state index in [0.717, 1.165) is 22.8 Å². The van der Waals surface area contributed by atoms with Crippen molar-refractivity contribution in [2.24, 2.45) is 7.05 Å². The number of carboxylic acid groups (broad SMARTS) is 1. The first-order valence-electron chi connectivity index (χ1n) is 13.4. The maximum Gasteiger partial charge on any atom is 0.417 e. The molecular formula is C30H30F5N3O5. The van der Waals surface area contributed by atoms with E-state index in [1.807, 2.05) is 0 Å². The van der Waals surface area contributed by atoms with Crippen LogP contribution in [0.15, 0.2) is 35.1 Å². The Balaban J connectivity index is 1.73. The highest BCUT2D eigenvalue weighted by Gasteiger charge is 2.38. The maximum absolute atomic E-state index is 14.7. The molecule has 8 nitrogen and oxygen atoms in total. The minimum absolute atomic E-state index is 0.0102. The Morgan fingerprint density at radius 3 is 2.35 bits per heavy atom. The highest BCUT2D eigenvalue weighted by atomic mass is 19.4. The second-order valence-corrected chi connectivity index (χ2v) is 10.7. The van der Waals surface area contributed by atoms with Crippen LogP contribution in [0.1, 0.15) is 53.0 Å². The van der Waals surface area contributed by atoms with Gasteiger partial charge in [-0.15, -0.1) is 0 Å². The predicted molar refractivity (Wildman–Crippen MR) is 148 cm³/mol. The number of carboxylic acids is 1. The van der Waals surface area contributed by atoms with Crippen LogP contribution in [-0.2, 0) is 30.9 Å². The summed E-state index contributed by atoms with van der Waals surface area (Å²) in [4.78, 5) is 38.1. The molecule has 1 amide bonds. The second kappa shape index (κ2) is 12.1. The van der Waals surface area contributed by atoms with Crippen LogP contribution in [0.2, 0.25) is 0 Å². The van der Waals surface area contributed by atoms with Crippen molar-refractivity contribution in [3.05, 3.63) is 80.3 Å². The van der Waals surface area contributed by atoms with E-state index in [-0.39, 0.29) is 41.8 Å². The van der Waals surface area contributed by atoms with E-state index >= 15 is 0 Å². The molecule has 0 unspecified atom stereocenters. The minimum Gasteiger partial charge on any atom is -0.493 e. The molecule has 0 spiro atoms. The molecule has 1 atom stereocenters. The van der Waals surface area contributed by atoms with Crippen molar-refractivity contribution < 1.29 is 41.4 Å². The zero-order valence-corrected chi connectivity index (χ0v) is 23.8. The van der Waals surface area contributed by atoms with Crippen LogP contribution in [0.3, 0.4) is 0 Å². The van der Waals surface area contributed by atoms with Gasteiger partial charge in [0.2, 0.25) is 0 Å². The van der Waals surface area contributed by atoms with E-state index in [9.17, 15) is 41.4 Å². The molecule has 0 fully saturated rings. The number of ether oxygens (including phenoxy) is 1. The van der Waals surface area contributed by atoms with Crippen molar-refractivity contribution in [3.63, 3.8) is 0 Å². The third kappa shape index (κ3) is 6.50. The molecule has 0 bridgehead atoms. The minimum atomic E-state index is -4.85. The average molecular weight is 608 g/mol. The average Bonchev–Trinajstić information content (AvgIpc) is 2.90. The van der Waals surface area contributed by atoms with Gasteiger partial charge in [-0.05, 0) is 62.9 Å². The number of rotatable bonds is 8. The van der Waals surface area contributed by atoms with E-state index in [2.05, 4.69) is 10.6 Å². The van der Waals surface area contributed by atoms with Crippen molar-refractivity contribution in [1.29, 1.82) is 0 Å². The first-order chi connectivity index (χ1) is 20.1. The number of halogens is 5. The number of alkyl halides is 3. The Morgan fingerprint density at radius 1 is 1.12 bits per heavy atom. The first kappa shape index (κ1) is 31.5. The van der Waals surface area contributed by atoms with Crippen molar-refractivity contribution in [2.45, 2.75) is 58.3 Å². The normalized spacial score (nSPS) is 13.7. The molecule has 1 aliphatic heterocycles. The van der Waals surface area contributed by atoms with E-state index in [1.54, 1.807) is 13.8 Å². The van der Waals surface area contributed by atoms with E-state index in [4.69, 9.17) is 4.74 Å². The lowest BCUT2D eigenvalue weighted by Crippen LogP contribution is -2.43. The van der Waals surface area contributed by atoms with Gasteiger partial charge in [0.15, 0.2) is 0 Å². The molecule has 0 saturated heterocycles. The third-order valence-corrected chi connectivity index (χ3v) is 7.17. The Labute approximate surface area is 243 Å². The van der Waals surface area contributed by atoms with Gasteiger partial charge in [-0.1, -0.05) is 12.1 Å². The lowest BCUT2D eigenvalue weighted by molar-refractivity contribution is -0.139. The van der Waals surface area contributed by atoms with Crippen molar-refractivity contribution in [3.8, 4) is 16.9 Å². The van der Waals surface area contributed by atoms with Crippen LogP contribution in [0.25, 0.3) is 11.1 Å². The van der Waals surface area contributed by atoms with Gasteiger partial charge in [-0.2, -0.15) is 13.2 Å². The number of aryl methyl sites for hydroxylation is 1. The number of carbonyl (C=O) groups excluding carboxylic acids is 1. The molecule has 43 heavy (non-hydrogen) atoms. The van der Waals surface area contributed by atoms with E-state index in [0.29, 0.717) is 24.0 Å². The summed E-state index contributed by atoms with van der Waals surface area (Å²) >= 11 is 0. The number of pyridine rings is 1. The Morgan fingerprint density at radius 2 is 1.77 bits per heavy atom. The molecule has 4 rings (SSSR count). The molecule has 0 radical (unpaired) electrons. The summed E-state index contributed by atoms with van der Waals surface area (Å²) < 4.78 is 78.4. The van der Waals surface area contributed by atoms with Gasteiger partial charge in [-0.3, -0.25) is 9.59 Å². The molecule has 230 valence electrons. The monoisotopic (exact) mass is 607 g/mol. The van der Waals surface area contributed by atoms with Crippen LogP contribution < -0.4 is 20.9 Å². The predicted octanol–water partition coefficient (Wildman–Crippen LogP) is 5.23. The van der Waals surface area contributed by atoms with Crippen LogP contribution in [-0.4, -0.2) is 40.2 Å². The van der Waals surface area contributed by atoms with E-state index < -0.39 is 58.0 Å². The van der Waals surface area contributed by atoms with Gasteiger partial charge >= 0.3 is 12.1 Å². The molecule has 0 saturated carbocycles. The number of nitrogens with zero attached hydrogens (tertiary/aromatic N) is 1. The fraction of sp³-hybridized carbons (Fsp3) is 0.367. The number of anilines is 1. The summed E-state index contributed by atoms with van der Waals surface area (Å²) in [6, 6.07) is 3.54. The Kier molecular flexibility index (Phi) is 8.84. The zero-order valence-electron chi connectivity index (χ0n) is 23.8. The largest absolute Gasteiger partial charge is 0.493 e. The summed E-state index contributed by atoms with van der Waals surface area (Å²) in [5.74, 6) is -5.18. The van der Waals surface area contributed by atoms with Gasteiger partial charge in [-0.25, -0.2) is 13.6 Å².